The number of benzene rings is 1. The molecule has 7 heteroatoms. The molecule has 2 aromatic rings. The number of halogens is 3. The average Bonchev–Trinajstić information content (AvgIpc) is 2.87. The van der Waals surface area contributed by atoms with Crippen LogP contribution in [0.25, 0.3) is 0 Å². The second kappa shape index (κ2) is 4.75. The van der Waals surface area contributed by atoms with E-state index in [2.05, 4.69) is 5.10 Å². The number of nitrogens with zero attached hydrogens (tertiary/aromatic N) is 1. The van der Waals surface area contributed by atoms with Crippen LogP contribution in [-0.2, 0) is 6.18 Å². The largest absolute Gasteiger partial charge is 0.497 e. The van der Waals surface area contributed by atoms with Gasteiger partial charge in [0.25, 0.3) is 0 Å². The van der Waals surface area contributed by atoms with Crippen LogP contribution in [0.2, 0.25) is 0 Å². The summed E-state index contributed by atoms with van der Waals surface area (Å²) in [4.78, 5) is 11.9. The number of aromatic nitrogens is 2. The zero-order valence-corrected chi connectivity index (χ0v) is 9.78. The maximum absolute atomic E-state index is 12.4. The number of carbonyl (C=O) groups is 1. The van der Waals surface area contributed by atoms with Gasteiger partial charge < -0.3 is 4.74 Å². The van der Waals surface area contributed by atoms with E-state index in [1.54, 1.807) is 17.2 Å². The third-order valence-electron chi connectivity index (χ3n) is 2.47. The van der Waals surface area contributed by atoms with Gasteiger partial charge >= 0.3 is 6.18 Å². The third-order valence-corrected chi connectivity index (χ3v) is 2.47. The van der Waals surface area contributed by atoms with E-state index in [0.717, 1.165) is 0 Å². The number of H-pyrrole nitrogens is 1. The molecule has 0 atom stereocenters. The molecule has 0 saturated carbocycles. The molecule has 0 bridgehead atoms. The van der Waals surface area contributed by atoms with E-state index in [4.69, 9.17) is 4.74 Å². The lowest BCUT2D eigenvalue weighted by Gasteiger charge is -2.01. The fraction of sp³-hybridized carbons (Fsp3) is 0.167. The Hall–Kier alpha value is -2.31. The Morgan fingerprint density at radius 3 is 2.37 bits per heavy atom. The van der Waals surface area contributed by atoms with Gasteiger partial charge in [0.1, 0.15) is 17.1 Å². The Bertz CT molecular complexity index is 588. The molecule has 2 rings (SSSR count). The summed E-state index contributed by atoms with van der Waals surface area (Å²) in [6.07, 6.45) is -4.55. The van der Waals surface area contributed by atoms with Crippen LogP contribution in [0.1, 0.15) is 21.7 Å². The molecule has 0 amide bonds. The number of alkyl halides is 3. The molecule has 4 nitrogen and oxygen atoms in total. The molecular weight excluding hydrogens is 261 g/mol. The average molecular weight is 270 g/mol. The predicted octanol–water partition coefficient (Wildman–Crippen LogP) is 2.67. The summed E-state index contributed by atoms with van der Waals surface area (Å²) >= 11 is 0. The number of carbonyl (C=O) groups excluding carboxylic acids is 1. The quantitative estimate of drug-likeness (QED) is 0.872. The van der Waals surface area contributed by atoms with Gasteiger partial charge in [-0.3, -0.25) is 9.89 Å². The maximum atomic E-state index is 12.4. The zero-order valence-electron chi connectivity index (χ0n) is 9.78. The topological polar surface area (TPSA) is 55.0 Å². The molecule has 1 aromatic carbocycles. The lowest BCUT2D eigenvalue weighted by molar-refractivity contribution is -0.141. The van der Waals surface area contributed by atoms with Crippen LogP contribution in [-0.4, -0.2) is 23.1 Å². The molecular formula is C12H9F3N2O2. The van der Waals surface area contributed by atoms with Crippen molar-refractivity contribution < 1.29 is 22.7 Å². The van der Waals surface area contributed by atoms with Crippen LogP contribution in [0.4, 0.5) is 13.2 Å². The summed E-state index contributed by atoms with van der Waals surface area (Å²) in [6, 6.07) is 6.70. The fourth-order valence-electron chi connectivity index (χ4n) is 1.47. The zero-order chi connectivity index (χ0) is 14.0. The van der Waals surface area contributed by atoms with Crippen molar-refractivity contribution in [3.05, 3.63) is 47.3 Å². The minimum Gasteiger partial charge on any atom is -0.497 e. The van der Waals surface area contributed by atoms with Crippen molar-refractivity contribution in [2.24, 2.45) is 0 Å². The monoisotopic (exact) mass is 270 g/mol. The highest BCUT2D eigenvalue weighted by atomic mass is 19.4. The number of aromatic amines is 1. The lowest BCUT2D eigenvalue weighted by atomic mass is 10.1. The molecule has 0 radical (unpaired) electrons. The molecule has 0 aliphatic rings. The van der Waals surface area contributed by atoms with Crippen LogP contribution in [0.3, 0.4) is 0 Å². The Morgan fingerprint density at radius 1 is 1.26 bits per heavy atom. The van der Waals surface area contributed by atoms with Crippen molar-refractivity contribution in [1.29, 1.82) is 0 Å². The first-order valence-electron chi connectivity index (χ1n) is 5.23. The normalized spacial score (nSPS) is 11.4. The molecule has 19 heavy (non-hydrogen) atoms. The molecule has 0 unspecified atom stereocenters. The number of methoxy groups -OCH3 is 1. The van der Waals surface area contributed by atoms with Crippen LogP contribution in [0.5, 0.6) is 5.75 Å². The van der Waals surface area contributed by atoms with Gasteiger partial charge in [0, 0.05) is 5.56 Å². The van der Waals surface area contributed by atoms with E-state index in [1.165, 1.54) is 19.2 Å². The van der Waals surface area contributed by atoms with Crippen LogP contribution < -0.4 is 4.74 Å². The van der Waals surface area contributed by atoms with E-state index in [9.17, 15) is 18.0 Å². The van der Waals surface area contributed by atoms with Crippen molar-refractivity contribution in [3.8, 4) is 5.75 Å². The molecule has 1 aromatic heterocycles. The second-order valence-corrected chi connectivity index (χ2v) is 3.72. The van der Waals surface area contributed by atoms with E-state index in [-0.39, 0.29) is 11.3 Å². The maximum Gasteiger partial charge on any atom is 0.432 e. The van der Waals surface area contributed by atoms with Crippen LogP contribution in [0.15, 0.2) is 30.3 Å². The van der Waals surface area contributed by atoms with Gasteiger partial charge in [-0.15, -0.1) is 0 Å². The van der Waals surface area contributed by atoms with E-state index in [0.29, 0.717) is 11.8 Å². The summed E-state index contributed by atoms with van der Waals surface area (Å²) in [5.74, 6) is -0.0380. The summed E-state index contributed by atoms with van der Waals surface area (Å²) in [7, 11) is 1.47. The van der Waals surface area contributed by atoms with Gasteiger partial charge in [-0.2, -0.15) is 18.3 Å². The van der Waals surface area contributed by atoms with Gasteiger partial charge in [-0.05, 0) is 30.3 Å². The minimum atomic E-state index is -4.55. The Balaban J connectivity index is 2.26. The van der Waals surface area contributed by atoms with Crippen molar-refractivity contribution in [3.63, 3.8) is 0 Å². The first-order valence-corrected chi connectivity index (χ1v) is 5.23. The molecule has 1 heterocycles. The third kappa shape index (κ3) is 2.75. The van der Waals surface area contributed by atoms with Gasteiger partial charge in [0.15, 0.2) is 0 Å². The Kier molecular flexibility index (Phi) is 3.28. The van der Waals surface area contributed by atoms with Crippen LogP contribution >= 0.6 is 0 Å². The molecule has 0 aliphatic carbocycles. The molecule has 100 valence electrons. The summed E-state index contributed by atoms with van der Waals surface area (Å²) in [5.41, 5.74) is -1.09. The minimum absolute atomic E-state index is 0.237. The number of hydrogen-bond donors (Lipinski definition) is 1. The second-order valence-electron chi connectivity index (χ2n) is 3.72. The van der Waals surface area contributed by atoms with Gasteiger partial charge in [0.05, 0.1) is 7.11 Å². The molecule has 0 aliphatic heterocycles. The number of ketones is 1. The number of ether oxygens (including phenoxy) is 1. The van der Waals surface area contributed by atoms with Crippen molar-refractivity contribution >= 4 is 5.78 Å². The summed E-state index contributed by atoms with van der Waals surface area (Å²) < 4.78 is 42.0. The summed E-state index contributed by atoms with van der Waals surface area (Å²) in [5, 5.41) is 5.17. The molecule has 0 saturated heterocycles. The standard InChI is InChI=1S/C12H9F3N2O2/c1-19-8-4-2-7(3-5-8)11(18)9-6-10(17-16-9)12(13,14)15/h2-6H,1H3,(H,16,17). The van der Waals surface area contributed by atoms with E-state index in [1.807, 2.05) is 0 Å². The van der Waals surface area contributed by atoms with Gasteiger partial charge in [-0.1, -0.05) is 0 Å². The first kappa shape index (κ1) is 13.1. The smallest absolute Gasteiger partial charge is 0.432 e. The van der Waals surface area contributed by atoms with E-state index >= 15 is 0 Å². The molecule has 0 fully saturated rings. The number of rotatable bonds is 3. The molecule has 1 N–H and O–H groups in total. The van der Waals surface area contributed by atoms with Crippen molar-refractivity contribution in [2.45, 2.75) is 6.18 Å². The van der Waals surface area contributed by atoms with Crippen LogP contribution in [0, 0.1) is 0 Å². The molecule has 0 spiro atoms. The number of nitrogens with one attached hydrogen (secondary N) is 1. The Morgan fingerprint density at radius 2 is 1.89 bits per heavy atom. The predicted molar refractivity (Wildman–Crippen MR) is 60.0 cm³/mol. The highest BCUT2D eigenvalue weighted by Crippen LogP contribution is 2.28. The number of hydrogen-bond acceptors (Lipinski definition) is 3. The van der Waals surface area contributed by atoms with E-state index < -0.39 is 17.7 Å². The lowest BCUT2D eigenvalue weighted by Crippen LogP contribution is -2.05. The van der Waals surface area contributed by atoms with Crippen molar-refractivity contribution in [1.82, 2.24) is 10.2 Å². The SMILES string of the molecule is COc1ccc(C(=O)c2cc(C(F)(F)F)[nH]n2)cc1. The highest BCUT2D eigenvalue weighted by Gasteiger charge is 2.33. The van der Waals surface area contributed by atoms with Gasteiger partial charge in [-0.25, -0.2) is 0 Å². The van der Waals surface area contributed by atoms with Crippen molar-refractivity contribution in [2.75, 3.05) is 7.11 Å². The first-order chi connectivity index (χ1) is 8.91. The van der Waals surface area contributed by atoms with Gasteiger partial charge in [0.2, 0.25) is 5.78 Å². The Labute approximate surface area is 106 Å². The highest BCUT2D eigenvalue weighted by molar-refractivity contribution is 6.07. The fourth-order valence-corrected chi connectivity index (χ4v) is 1.47. The summed E-state index contributed by atoms with van der Waals surface area (Å²) in [6.45, 7) is 0.